The van der Waals surface area contributed by atoms with Crippen LogP contribution in [0.2, 0.25) is 0 Å². The number of aromatic amines is 1. The number of hydrogen-bond acceptors (Lipinski definition) is 4. The molecule has 1 aliphatic rings. The van der Waals surface area contributed by atoms with E-state index in [1.807, 2.05) is 0 Å². The lowest BCUT2D eigenvalue weighted by Gasteiger charge is -2.07. The Morgan fingerprint density at radius 1 is 1.55 bits per heavy atom. The third-order valence-corrected chi connectivity index (χ3v) is 2.00. The quantitative estimate of drug-likeness (QED) is 0.477. The van der Waals surface area contributed by atoms with Gasteiger partial charge in [0.25, 0.3) is 0 Å². The number of nitrogens with one attached hydrogen (secondary N) is 2. The van der Waals surface area contributed by atoms with E-state index in [9.17, 15) is 5.11 Å². The van der Waals surface area contributed by atoms with Gasteiger partial charge >= 0.3 is 0 Å². The summed E-state index contributed by atoms with van der Waals surface area (Å²) in [5, 5.41) is 22.6. The lowest BCUT2D eigenvalue weighted by Crippen LogP contribution is -2.16. The molecule has 1 saturated heterocycles. The molecule has 0 radical (unpaired) electrons. The Morgan fingerprint density at radius 2 is 2.45 bits per heavy atom. The fraction of sp³-hybridized carbons (Fsp3) is 0.667. The smallest absolute Gasteiger partial charge is 0.0894 e. The highest BCUT2D eigenvalue weighted by Gasteiger charge is 2.27. The molecule has 2 rings (SSSR count). The topological polar surface area (TPSA) is 73.8 Å². The first-order chi connectivity index (χ1) is 5.38. The van der Waals surface area contributed by atoms with Gasteiger partial charge in [0.2, 0.25) is 0 Å². The van der Waals surface area contributed by atoms with Crippen LogP contribution in [0.3, 0.4) is 0 Å². The summed E-state index contributed by atoms with van der Waals surface area (Å²) in [5.74, 6) is 0.105. The van der Waals surface area contributed by atoms with E-state index in [1.54, 1.807) is 6.20 Å². The Labute approximate surface area is 63.8 Å². The fourth-order valence-electron chi connectivity index (χ4n) is 1.36. The summed E-state index contributed by atoms with van der Waals surface area (Å²) >= 11 is 0. The molecular weight excluding hydrogens is 144 g/mol. The van der Waals surface area contributed by atoms with Crippen LogP contribution in [0.25, 0.3) is 0 Å². The van der Waals surface area contributed by atoms with Crippen LogP contribution in [0.15, 0.2) is 6.20 Å². The van der Waals surface area contributed by atoms with Crippen LogP contribution in [0, 0.1) is 0 Å². The molecule has 3 N–H and O–H groups in total. The van der Waals surface area contributed by atoms with Gasteiger partial charge in [-0.2, -0.15) is 15.4 Å². The van der Waals surface area contributed by atoms with Crippen molar-refractivity contribution in [2.24, 2.45) is 0 Å². The average molecular weight is 154 g/mol. The molecule has 5 heteroatoms. The van der Waals surface area contributed by atoms with Crippen LogP contribution < -0.4 is 5.32 Å². The SMILES string of the molecule is O[C@@H]1CNC[C@H]1c1cn[nH]n1. The minimum absolute atomic E-state index is 0.105. The van der Waals surface area contributed by atoms with Crippen molar-refractivity contribution in [1.29, 1.82) is 0 Å². The van der Waals surface area contributed by atoms with E-state index in [1.165, 1.54) is 0 Å². The van der Waals surface area contributed by atoms with Gasteiger partial charge in [0.1, 0.15) is 0 Å². The standard InChI is InChI=1S/C6H10N4O/c11-6-3-7-1-4(6)5-2-8-10-9-5/h2,4,6-7,11H,1,3H2,(H,8,9,10)/t4-,6+/m0/s1. The maximum atomic E-state index is 9.42. The van der Waals surface area contributed by atoms with Crippen molar-refractivity contribution in [2.45, 2.75) is 12.0 Å². The highest BCUT2D eigenvalue weighted by Crippen LogP contribution is 2.19. The Balaban J connectivity index is 2.16. The number of aromatic nitrogens is 3. The van der Waals surface area contributed by atoms with E-state index in [0.717, 1.165) is 12.2 Å². The van der Waals surface area contributed by atoms with Crippen LogP contribution in [-0.2, 0) is 0 Å². The minimum atomic E-state index is -0.319. The Hall–Kier alpha value is -0.940. The van der Waals surface area contributed by atoms with Gasteiger partial charge < -0.3 is 10.4 Å². The van der Waals surface area contributed by atoms with Crippen LogP contribution in [0.1, 0.15) is 11.6 Å². The van der Waals surface area contributed by atoms with Gasteiger partial charge in [0.05, 0.1) is 18.0 Å². The highest BCUT2D eigenvalue weighted by atomic mass is 16.3. The first kappa shape index (κ1) is 6.75. The first-order valence-corrected chi connectivity index (χ1v) is 3.62. The van der Waals surface area contributed by atoms with E-state index >= 15 is 0 Å². The molecule has 2 heterocycles. The zero-order valence-corrected chi connectivity index (χ0v) is 5.99. The van der Waals surface area contributed by atoms with E-state index in [2.05, 4.69) is 20.7 Å². The van der Waals surface area contributed by atoms with Crippen LogP contribution >= 0.6 is 0 Å². The number of β-amino-alcohol motifs (C(OH)–C–C–N with tert-alkyl or cyclic N) is 1. The second-order valence-electron chi connectivity index (χ2n) is 2.73. The molecule has 2 atom stereocenters. The Bertz CT molecular complexity index is 222. The number of H-pyrrole nitrogens is 1. The number of nitrogens with zero attached hydrogens (tertiary/aromatic N) is 2. The molecule has 60 valence electrons. The van der Waals surface area contributed by atoms with Gasteiger partial charge in [-0.05, 0) is 0 Å². The van der Waals surface area contributed by atoms with Gasteiger partial charge in [0.15, 0.2) is 0 Å². The normalized spacial score (nSPS) is 31.0. The van der Waals surface area contributed by atoms with Crippen molar-refractivity contribution in [1.82, 2.24) is 20.7 Å². The molecule has 1 aromatic heterocycles. The number of aliphatic hydroxyl groups is 1. The van der Waals surface area contributed by atoms with Gasteiger partial charge in [-0.15, -0.1) is 0 Å². The lowest BCUT2D eigenvalue weighted by atomic mass is 10.0. The maximum absolute atomic E-state index is 9.42. The average Bonchev–Trinajstić information content (AvgIpc) is 2.55. The van der Waals surface area contributed by atoms with Crippen molar-refractivity contribution in [3.05, 3.63) is 11.9 Å². The molecular formula is C6H10N4O. The molecule has 1 fully saturated rings. The van der Waals surface area contributed by atoms with Crippen molar-refractivity contribution >= 4 is 0 Å². The van der Waals surface area contributed by atoms with Crippen molar-refractivity contribution in [3.63, 3.8) is 0 Å². The summed E-state index contributed by atoms with van der Waals surface area (Å²) in [6.45, 7) is 1.44. The highest BCUT2D eigenvalue weighted by molar-refractivity contribution is 5.08. The number of hydrogen-bond donors (Lipinski definition) is 3. The van der Waals surface area contributed by atoms with Crippen LogP contribution in [-0.4, -0.2) is 39.7 Å². The largest absolute Gasteiger partial charge is 0.391 e. The zero-order valence-electron chi connectivity index (χ0n) is 5.99. The van der Waals surface area contributed by atoms with Crippen molar-refractivity contribution < 1.29 is 5.11 Å². The molecule has 0 saturated carbocycles. The van der Waals surface area contributed by atoms with E-state index in [0.29, 0.717) is 6.54 Å². The first-order valence-electron chi connectivity index (χ1n) is 3.62. The summed E-state index contributed by atoms with van der Waals surface area (Å²) in [7, 11) is 0. The lowest BCUT2D eigenvalue weighted by molar-refractivity contribution is 0.176. The zero-order chi connectivity index (χ0) is 7.68. The molecule has 0 unspecified atom stereocenters. The molecule has 0 spiro atoms. The molecule has 0 amide bonds. The van der Waals surface area contributed by atoms with Gasteiger partial charge in [0, 0.05) is 19.0 Å². The predicted molar refractivity (Wildman–Crippen MR) is 38.0 cm³/mol. The van der Waals surface area contributed by atoms with Crippen LogP contribution in [0.4, 0.5) is 0 Å². The molecule has 0 aromatic carbocycles. The molecule has 0 aliphatic carbocycles. The van der Waals surface area contributed by atoms with Crippen molar-refractivity contribution in [2.75, 3.05) is 13.1 Å². The summed E-state index contributed by atoms with van der Waals surface area (Å²) in [5.41, 5.74) is 0.836. The fourth-order valence-corrected chi connectivity index (χ4v) is 1.36. The van der Waals surface area contributed by atoms with Gasteiger partial charge in [-0.3, -0.25) is 0 Å². The third-order valence-electron chi connectivity index (χ3n) is 2.00. The molecule has 1 aromatic rings. The second-order valence-corrected chi connectivity index (χ2v) is 2.73. The van der Waals surface area contributed by atoms with Gasteiger partial charge in [-0.25, -0.2) is 0 Å². The number of aliphatic hydroxyl groups excluding tert-OH is 1. The van der Waals surface area contributed by atoms with E-state index in [4.69, 9.17) is 0 Å². The summed E-state index contributed by atoms with van der Waals surface area (Å²) in [6.07, 6.45) is 1.33. The number of rotatable bonds is 1. The molecule has 1 aliphatic heterocycles. The monoisotopic (exact) mass is 154 g/mol. The van der Waals surface area contributed by atoms with E-state index in [-0.39, 0.29) is 12.0 Å². The molecule has 5 nitrogen and oxygen atoms in total. The Kier molecular flexibility index (Phi) is 1.59. The van der Waals surface area contributed by atoms with E-state index < -0.39 is 0 Å². The summed E-state index contributed by atoms with van der Waals surface area (Å²) < 4.78 is 0. The third kappa shape index (κ3) is 1.12. The molecule has 0 bridgehead atoms. The summed E-state index contributed by atoms with van der Waals surface area (Å²) in [4.78, 5) is 0. The van der Waals surface area contributed by atoms with Crippen molar-refractivity contribution in [3.8, 4) is 0 Å². The summed E-state index contributed by atoms with van der Waals surface area (Å²) in [6, 6.07) is 0. The predicted octanol–water partition coefficient (Wildman–Crippen LogP) is -1.15. The Morgan fingerprint density at radius 3 is 3.00 bits per heavy atom. The molecule has 11 heavy (non-hydrogen) atoms. The minimum Gasteiger partial charge on any atom is -0.391 e. The maximum Gasteiger partial charge on any atom is 0.0894 e. The van der Waals surface area contributed by atoms with Gasteiger partial charge in [-0.1, -0.05) is 0 Å². The second kappa shape index (κ2) is 2.60. The van der Waals surface area contributed by atoms with Crippen LogP contribution in [0.5, 0.6) is 0 Å².